The molecule has 7 heteroatoms. The van der Waals surface area contributed by atoms with Gasteiger partial charge in [-0.15, -0.1) is 11.3 Å². The molecule has 38 heavy (non-hydrogen) atoms. The number of hydrogen-bond acceptors (Lipinski definition) is 5. The molecule has 7 aromatic rings. The third-order valence-corrected chi connectivity index (χ3v) is 7.68. The van der Waals surface area contributed by atoms with Gasteiger partial charge in [0.2, 0.25) is 0 Å². The van der Waals surface area contributed by atoms with E-state index >= 15 is 0 Å². The van der Waals surface area contributed by atoms with Crippen molar-refractivity contribution >= 4 is 33.3 Å². The predicted octanol–water partition coefficient (Wildman–Crippen LogP) is 7.78. The lowest BCUT2D eigenvalue weighted by Crippen LogP contribution is -1.96. The molecule has 0 aliphatic heterocycles. The second kappa shape index (κ2) is 9.28. The molecule has 0 unspecified atom stereocenters. The van der Waals surface area contributed by atoms with Gasteiger partial charge in [0, 0.05) is 55.1 Å². The summed E-state index contributed by atoms with van der Waals surface area (Å²) < 4.78 is 6.00. The lowest BCUT2D eigenvalue weighted by molar-refractivity contribution is 0.305. The Bertz CT molecular complexity index is 1900. The number of aryl methyl sites for hydroxylation is 1. The van der Waals surface area contributed by atoms with Crippen LogP contribution in [0.25, 0.3) is 54.9 Å². The van der Waals surface area contributed by atoms with Crippen molar-refractivity contribution in [2.24, 2.45) is 0 Å². The Morgan fingerprint density at radius 2 is 1.74 bits per heavy atom. The molecule has 0 atom stereocenters. The van der Waals surface area contributed by atoms with E-state index in [-0.39, 0.29) is 0 Å². The maximum Gasteiger partial charge on any atom is 0.181 e. The number of thiophene rings is 1. The first-order valence-corrected chi connectivity index (χ1v) is 13.2. The van der Waals surface area contributed by atoms with Crippen molar-refractivity contribution in [1.29, 1.82) is 0 Å². The maximum atomic E-state index is 6.00. The van der Waals surface area contributed by atoms with Crippen LogP contribution < -0.4 is 4.74 Å². The van der Waals surface area contributed by atoms with E-state index in [0.29, 0.717) is 18.0 Å². The molecule has 0 spiro atoms. The number of hydrogen-bond donors (Lipinski definition) is 2. The molecule has 0 saturated heterocycles. The fraction of sp³-hybridized carbons (Fsp3) is 0.0645. The Labute approximate surface area is 223 Å². The number of nitrogens with zero attached hydrogens (tertiary/aromatic N) is 3. The van der Waals surface area contributed by atoms with Crippen LogP contribution in [0.5, 0.6) is 5.75 Å². The smallest absolute Gasteiger partial charge is 0.181 e. The molecule has 5 aromatic heterocycles. The van der Waals surface area contributed by atoms with Crippen LogP contribution in [0.1, 0.15) is 10.4 Å². The zero-order valence-corrected chi connectivity index (χ0v) is 21.4. The van der Waals surface area contributed by atoms with Crippen LogP contribution in [0.2, 0.25) is 0 Å². The Morgan fingerprint density at radius 1 is 0.842 bits per heavy atom. The van der Waals surface area contributed by atoms with Gasteiger partial charge in [-0.25, -0.2) is 4.98 Å². The summed E-state index contributed by atoms with van der Waals surface area (Å²) in [5, 5.41) is 9.80. The van der Waals surface area contributed by atoms with E-state index in [4.69, 9.17) is 4.74 Å². The zero-order chi connectivity index (χ0) is 25.5. The third kappa shape index (κ3) is 4.13. The van der Waals surface area contributed by atoms with E-state index in [9.17, 15) is 0 Å². The predicted molar refractivity (Wildman–Crippen MR) is 153 cm³/mol. The molecule has 0 bridgehead atoms. The number of aromatic nitrogens is 5. The van der Waals surface area contributed by atoms with Crippen LogP contribution in [-0.2, 0) is 6.61 Å². The van der Waals surface area contributed by atoms with Gasteiger partial charge in [0.1, 0.15) is 12.4 Å². The lowest BCUT2D eigenvalue weighted by atomic mass is 10.1. The number of nitrogens with one attached hydrogen (secondary N) is 2. The minimum absolute atomic E-state index is 0.489. The average Bonchev–Trinajstić information content (AvgIpc) is 3.70. The Morgan fingerprint density at radius 3 is 2.61 bits per heavy atom. The minimum atomic E-state index is 0.489. The summed E-state index contributed by atoms with van der Waals surface area (Å²) in [6.45, 7) is 2.63. The fourth-order valence-corrected chi connectivity index (χ4v) is 5.65. The Kier molecular flexibility index (Phi) is 5.48. The number of H-pyrrole nitrogens is 2. The van der Waals surface area contributed by atoms with Gasteiger partial charge in [-0.2, -0.15) is 5.10 Å². The van der Waals surface area contributed by atoms with Crippen molar-refractivity contribution in [1.82, 2.24) is 25.1 Å². The summed E-state index contributed by atoms with van der Waals surface area (Å²) in [6.07, 6.45) is 5.39. The highest BCUT2D eigenvalue weighted by Crippen LogP contribution is 2.37. The van der Waals surface area contributed by atoms with E-state index < -0.39 is 0 Å². The highest BCUT2D eigenvalue weighted by atomic mass is 32.1. The molecule has 0 radical (unpaired) electrons. The molecule has 6 nitrogen and oxygen atoms in total. The lowest BCUT2D eigenvalue weighted by Gasteiger charge is -2.08. The standard InChI is InChI=1S/C31H23N5OS/c1-19-10-11-29(38-19)24-8-5-9-27-25(24)14-28(34-27)30-26-13-22(16-33-31(26)36-35-30)21-12-23(17-32-15-21)37-18-20-6-3-2-4-7-20/h2-17,34H,18H2,1H3,(H,33,35,36). The number of pyridine rings is 2. The van der Waals surface area contributed by atoms with Crippen molar-refractivity contribution in [3.05, 3.63) is 108 Å². The monoisotopic (exact) mass is 513 g/mol. The van der Waals surface area contributed by atoms with Gasteiger partial charge < -0.3 is 9.72 Å². The number of ether oxygens (including phenoxy) is 1. The summed E-state index contributed by atoms with van der Waals surface area (Å²) in [5.74, 6) is 0.714. The third-order valence-electron chi connectivity index (χ3n) is 6.64. The van der Waals surface area contributed by atoms with Crippen LogP contribution in [0.4, 0.5) is 0 Å². The summed E-state index contributed by atoms with van der Waals surface area (Å²) in [5.41, 5.74) is 7.85. The molecule has 2 aromatic carbocycles. The molecule has 7 rings (SSSR count). The van der Waals surface area contributed by atoms with Crippen LogP contribution in [0.15, 0.2) is 97.5 Å². The minimum Gasteiger partial charge on any atom is -0.487 e. The van der Waals surface area contributed by atoms with Crippen LogP contribution in [0.3, 0.4) is 0 Å². The first-order chi connectivity index (χ1) is 18.7. The van der Waals surface area contributed by atoms with Gasteiger partial charge in [0.05, 0.1) is 17.6 Å². The highest BCUT2D eigenvalue weighted by Gasteiger charge is 2.15. The van der Waals surface area contributed by atoms with Gasteiger partial charge >= 0.3 is 0 Å². The van der Waals surface area contributed by atoms with Gasteiger partial charge in [0.25, 0.3) is 0 Å². The SMILES string of the molecule is Cc1ccc(-c2cccc3[nH]c(-c4[nH]nc5ncc(-c6cncc(OCc7ccccc7)c6)cc45)cc23)s1. The number of benzene rings is 2. The van der Waals surface area contributed by atoms with Gasteiger partial charge in [-0.3, -0.25) is 10.1 Å². The molecule has 0 fully saturated rings. The summed E-state index contributed by atoms with van der Waals surface area (Å²) in [4.78, 5) is 15.2. The van der Waals surface area contributed by atoms with E-state index in [0.717, 1.165) is 39.0 Å². The first-order valence-electron chi connectivity index (χ1n) is 12.4. The van der Waals surface area contributed by atoms with Crippen molar-refractivity contribution in [2.75, 3.05) is 0 Å². The topological polar surface area (TPSA) is 79.5 Å². The van der Waals surface area contributed by atoms with Gasteiger partial charge in [-0.05, 0) is 48.9 Å². The Hall–Kier alpha value is -4.75. The Balaban J connectivity index is 1.24. The van der Waals surface area contributed by atoms with E-state index in [2.05, 4.69) is 74.5 Å². The highest BCUT2D eigenvalue weighted by molar-refractivity contribution is 7.15. The van der Waals surface area contributed by atoms with Crippen LogP contribution in [-0.4, -0.2) is 25.1 Å². The summed E-state index contributed by atoms with van der Waals surface area (Å²) >= 11 is 1.81. The van der Waals surface area contributed by atoms with Crippen LogP contribution in [0, 0.1) is 6.92 Å². The second-order valence-corrected chi connectivity index (χ2v) is 10.5. The first kappa shape index (κ1) is 22.4. The summed E-state index contributed by atoms with van der Waals surface area (Å²) in [7, 11) is 0. The van der Waals surface area contributed by atoms with Crippen molar-refractivity contribution in [3.63, 3.8) is 0 Å². The second-order valence-electron chi connectivity index (χ2n) is 9.24. The van der Waals surface area contributed by atoms with Gasteiger partial charge in [-0.1, -0.05) is 42.5 Å². The zero-order valence-electron chi connectivity index (χ0n) is 20.6. The van der Waals surface area contributed by atoms with Crippen LogP contribution >= 0.6 is 11.3 Å². The van der Waals surface area contributed by atoms with E-state index in [1.165, 1.54) is 20.7 Å². The van der Waals surface area contributed by atoms with Gasteiger partial charge in [0.15, 0.2) is 5.65 Å². The van der Waals surface area contributed by atoms with Crippen molar-refractivity contribution in [3.8, 4) is 38.7 Å². The van der Waals surface area contributed by atoms with Crippen molar-refractivity contribution in [2.45, 2.75) is 13.5 Å². The molecular weight excluding hydrogens is 490 g/mol. The molecule has 0 saturated carbocycles. The quantitative estimate of drug-likeness (QED) is 0.238. The maximum absolute atomic E-state index is 6.00. The molecule has 0 amide bonds. The normalized spacial score (nSPS) is 11.4. The molecule has 0 aliphatic carbocycles. The molecular formula is C31H23N5OS. The molecule has 0 aliphatic rings. The average molecular weight is 514 g/mol. The van der Waals surface area contributed by atoms with E-state index in [1.807, 2.05) is 60.1 Å². The number of rotatable bonds is 6. The summed E-state index contributed by atoms with van der Waals surface area (Å²) in [6, 6.07) is 27.1. The number of fused-ring (bicyclic) bond motifs is 2. The largest absolute Gasteiger partial charge is 0.487 e. The number of aromatic amines is 2. The fourth-order valence-electron chi connectivity index (χ4n) is 4.74. The molecule has 5 heterocycles. The van der Waals surface area contributed by atoms with Crippen molar-refractivity contribution < 1.29 is 4.74 Å². The molecule has 2 N–H and O–H groups in total. The van der Waals surface area contributed by atoms with E-state index in [1.54, 1.807) is 6.20 Å². The molecule has 184 valence electrons.